The van der Waals surface area contributed by atoms with Gasteiger partial charge in [0.05, 0.1) is 12.2 Å². The van der Waals surface area contributed by atoms with Crippen LogP contribution in [0.4, 0.5) is 10.1 Å². The van der Waals surface area contributed by atoms with Crippen molar-refractivity contribution in [1.82, 2.24) is 15.2 Å². The zero-order valence-electron chi connectivity index (χ0n) is 16.9. The van der Waals surface area contributed by atoms with Crippen LogP contribution in [0.15, 0.2) is 60.1 Å². The van der Waals surface area contributed by atoms with E-state index in [1.807, 2.05) is 46.7 Å². The fraction of sp³-hybridized carbons (Fsp3) is 0.261. The zero-order chi connectivity index (χ0) is 21.6. The predicted octanol–water partition coefficient (Wildman–Crippen LogP) is 3.18. The average Bonchev–Trinajstić information content (AvgIpc) is 3.33. The number of thiazole rings is 1. The van der Waals surface area contributed by atoms with E-state index in [9.17, 15) is 14.4 Å². The van der Waals surface area contributed by atoms with Crippen molar-refractivity contribution in [2.24, 2.45) is 0 Å². The van der Waals surface area contributed by atoms with Crippen molar-refractivity contribution >= 4 is 22.9 Å². The molecular formula is C23H22FN5OS. The molecule has 1 aromatic heterocycles. The maximum Gasteiger partial charge on any atom is 0.235 e. The number of amides is 1. The number of rotatable bonds is 6. The van der Waals surface area contributed by atoms with Crippen LogP contribution >= 0.6 is 11.3 Å². The number of carbonyl (C=O) groups is 1. The van der Waals surface area contributed by atoms with Crippen molar-refractivity contribution in [2.45, 2.75) is 6.04 Å². The number of aromatic nitrogens is 1. The Morgan fingerprint density at radius 2 is 1.94 bits per heavy atom. The van der Waals surface area contributed by atoms with Gasteiger partial charge in [0.15, 0.2) is 0 Å². The van der Waals surface area contributed by atoms with Gasteiger partial charge in [0.2, 0.25) is 5.91 Å². The molecule has 4 rings (SSSR count). The Labute approximate surface area is 184 Å². The van der Waals surface area contributed by atoms with Crippen LogP contribution in [0.2, 0.25) is 0 Å². The summed E-state index contributed by atoms with van der Waals surface area (Å²) < 4.78 is 13.9. The Kier molecular flexibility index (Phi) is 6.55. The number of piperazine rings is 1. The number of halogens is 1. The lowest BCUT2D eigenvalue weighted by Crippen LogP contribution is -2.50. The highest BCUT2D eigenvalue weighted by Gasteiger charge is 2.24. The van der Waals surface area contributed by atoms with Crippen LogP contribution in [0.25, 0.3) is 0 Å². The first-order chi connectivity index (χ1) is 15.2. The highest BCUT2D eigenvalue weighted by Crippen LogP contribution is 2.25. The molecule has 0 saturated carbocycles. The second-order valence-electron chi connectivity index (χ2n) is 7.29. The van der Waals surface area contributed by atoms with Crippen LogP contribution in [-0.4, -0.2) is 48.5 Å². The summed E-state index contributed by atoms with van der Waals surface area (Å²) in [5.41, 5.74) is 1.67. The molecule has 1 amide bonds. The van der Waals surface area contributed by atoms with E-state index in [0.29, 0.717) is 31.9 Å². The van der Waals surface area contributed by atoms with E-state index >= 15 is 0 Å². The lowest BCUT2D eigenvalue weighted by Gasteiger charge is -2.36. The first-order valence-corrected chi connectivity index (χ1v) is 10.9. The molecule has 1 atom stereocenters. The molecule has 1 aliphatic heterocycles. The molecular weight excluding hydrogens is 413 g/mol. The number of nitrogens with one attached hydrogen (secondary N) is 1. The van der Waals surface area contributed by atoms with E-state index in [1.54, 1.807) is 18.3 Å². The maximum absolute atomic E-state index is 13.9. The van der Waals surface area contributed by atoms with Crippen molar-refractivity contribution < 1.29 is 9.18 Å². The topological polar surface area (TPSA) is 72.3 Å². The second kappa shape index (κ2) is 9.69. The predicted molar refractivity (Wildman–Crippen MR) is 118 cm³/mol. The van der Waals surface area contributed by atoms with Gasteiger partial charge in [-0.2, -0.15) is 5.26 Å². The zero-order valence-corrected chi connectivity index (χ0v) is 17.7. The fourth-order valence-corrected chi connectivity index (χ4v) is 4.47. The second-order valence-corrected chi connectivity index (χ2v) is 8.22. The normalized spacial score (nSPS) is 15.3. The number of benzene rings is 2. The van der Waals surface area contributed by atoms with Gasteiger partial charge in [0.1, 0.15) is 28.5 Å². The molecule has 2 heterocycles. The summed E-state index contributed by atoms with van der Waals surface area (Å²) in [7, 11) is 0. The van der Waals surface area contributed by atoms with Crippen LogP contribution in [0.3, 0.4) is 0 Å². The summed E-state index contributed by atoms with van der Waals surface area (Å²) in [5.74, 6) is -0.572. The van der Waals surface area contributed by atoms with Crippen LogP contribution in [0.1, 0.15) is 22.2 Å². The third kappa shape index (κ3) is 4.90. The minimum Gasteiger partial charge on any atom is -0.368 e. The third-order valence-electron chi connectivity index (χ3n) is 5.32. The summed E-state index contributed by atoms with van der Waals surface area (Å²) in [6.07, 6.45) is 1.74. The summed E-state index contributed by atoms with van der Waals surface area (Å²) >= 11 is 1.51. The molecule has 158 valence electrons. The molecule has 0 bridgehead atoms. The Bertz CT molecular complexity index is 1060. The Morgan fingerprint density at radius 1 is 1.16 bits per heavy atom. The first-order valence-electron chi connectivity index (χ1n) is 10.1. The standard InChI is InChI=1S/C23H22FN5OS/c24-19-7-4-8-20(18(19)15-25)29-12-10-28(11-13-29)16-21(30)27-22(23-26-9-14-31-23)17-5-2-1-3-6-17/h1-9,14,22H,10-13,16H2,(H,27,30). The number of hydrogen-bond donors (Lipinski definition) is 1. The maximum atomic E-state index is 13.9. The molecule has 0 spiro atoms. The number of hydrogen-bond acceptors (Lipinski definition) is 6. The summed E-state index contributed by atoms with van der Waals surface area (Å²) in [5, 5.41) is 15.1. The SMILES string of the molecule is N#Cc1c(F)cccc1N1CCN(CC(=O)NC(c2ccccc2)c2nccs2)CC1. The quantitative estimate of drug-likeness (QED) is 0.644. The summed E-state index contributed by atoms with van der Waals surface area (Å²) in [6, 6.07) is 16.2. The van der Waals surface area contributed by atoms with E-state index in [0.717, 1.165) is 10.6 Å². The Balaban J connectivity index is 1.37. The number of carbonyl (C=O) groups excluding carboxylic acids is 1. The van der Waals surface area contributed by atoms with Crippen molar-refractivity contribution in [3.05, 3.63) is 82.1 Å². The Hall–Kier alpha value is -3.28. The molecule has 0 radical (unpaired) electrons. The molecule has 1 aliphatic rings. The molecule has 3 aromatic rings. The van der Waals surface area contributed by atoms with Gasteiger partial charge in [-0.3, -0.25) is 9.69 Å². The van der Waals surface area contributed by atoms with E-state index in [2.05, 4.69) is 15.2 Å². The number of nitrogens with zero attached hydrogens (tertiary/aromatic N) is 4. The molecule has 1 saturated heterocycles. The third-order valence-corrected chi connectivity index (χ3v) is 6.16. The van der Waals surface area contributed by atoms with Gasteiger partial charge in [-0.25, -0.2) is 9.37 Å². The van der Waals surface area contributed by atoms with E-state index in [4.69, 9.17) is 0 Å². The lowest BCUT2D eigenvalue weighted by molar-refractivity contribution is -0.122. The van der Waals surface area contributed by atoms with Gasteiger partial charge in [0, 0.05) is 37.8 Å². The van der Waals surface area contributed by atoms with Crippen LogP contribution in [-0.2, 0) is 4.79 Å². The fourth-order valence-electron chi connectivity index (χ4n) is 3.75. The van der Waals surface area contributed by atoms with Crippen molar-refractivity contribution in [1.29, 1.82) is 5.26 Å². The van der Waals surface area contributed by atoms with Crippen LogP contribution in [0, 0.1) is 17.1 Å². The molecule has 1 unspecified atom stereocenters. The van der Waals surface area contributed by atoms with Crippen molar-refractivity contribution in [3.8, 4) is 6.07 Å². The molecule has 2 aromatic carbocycles. The minimum atomic E-state index is -0.504. The van der Waals surface area contributed by atoms with E-state index in [-0.39, 0.29) is 24.1 Å². The molecule has 8 heteroatoms. The number of anilines is 1. The van der Waals surface area contributed by atoms with Gasteiger partial charge >= 0.3 is 0 Å². The molecule has 1 fully saturated rings. The molecule has 6 nitrogen and oxygen atoms in total. The van der Waals surface area contributed by atoms with Crippen molar-refractivity contribution in [2.75, 3.05) is 37.6 Å². The highest BCUT2D eigenvalue weighted by atomic mass is 32.1. The molecule has 0 aliphatic carbocycles. The van der Waals surface area contributed by atoms with Gasteiger partial charge in [-0.15, -0.1) is 11.3 Å². The van der Waals surface area contributed by atoms with Gasteiger partial charge < -0.3 is 10.2 Å². The summed E-state index contributed by atoms with van der Waals surface area (Å²) in [4.78, 5) is 21.3. The van der Waals surface area contributed by atoms with Crippen molar-refractivity contribution in [3.63, 3.8) is 0 Å². The lowest BCUT2D eigenvalue weighted by atomic mass is 10.1. The summed E-state index contributed by atoms with van der Waals surface area (Å²) in [6.45, 7) is 2.83. The number of nitriles is 1. The largest absolute Gasteiger partial charge is 0.368 e. The van der Waals surface area contributed by atoms with E-state index < -0.39 is 5.82 Å². The monoisotopic (exact) mass is 435 g/mol. The molecule has 31 heavy (non-hydrogen) atoms. The van der Waals surface area contributed by atoms with Gasteiger partial charge in [-0.05, 0) is 17.7 Å². The average molecular weight is 436 g/mol. The van der Waals surface area contributed by atoms with Crippen LogP contribution < -0.4 is 10.2 Å². The first kappa shape index (κ1) is 21.0. The van der Waals surface area contributed by atoms with Gasteiger partial charge in [-0.1, -0.05) is 36.4 Å². The minimum absolute atomic E-state index is 0.0685. The van der Waals surface area contributed by atoms with E-state index in [1.165, 1.54) is 17.4 Å². The van der Waals surface area contributed by atoms with Gasteiger partial charge in [0.25, 0.3) is 0 Å². The Morgan fingerprint density at radius 3 is 2.61 bits per heavy atom. The molecule has 1 N–H and O–H groups in total. The van der Waals surface area contributed by atoms with Crippen LogP contribution in [0.5, 0.6) is 0 Å². The smallest absolute Gasteiger partial charge is 0.235 e. The highest BCUT2D eigenvalue weighted by molar-refractivity contribution is 7.09.